The van der Waals surface area contributed by atoms with E-state index in [-0.39, 0.29) is 4.90 Å². The monoisotopic (exact) mass is 431 g/mol. The van der Waals surface area contributed by atoms with Gasteiger partial charge in [0.15, 0.2) is 15.0 Å². The highest BCUT2D eigenvalue weighted by atomic mass is 32.2. The molecule has 2 aromatic carbocycles. The molecule has 0 radical (unpaired) electrons. The van der Waals surface area contributed by atoms with Gasteiger partial charge in [0.1, 0.15) is 0 Å². The van der Waals surface area contributed by atoms with Gasteiger partial charge < -0.3 is 10.8 Å². The van der Waals surface area contributed by atoms with Crippen molar-refractivity contribution in [3.8, 4) is 0 Å². The fraction of sp³-hybridized carbons (Fsp3) is 0.200. The Kier molecular flexibility index (Phi) is 6.19. The van der Waals surface area contributed by atoms with Crippen LogP contribution in [-0.4, -0.2) is 30.9 Å². The number of hydrogen-bond acceptors (Lipinski definition) is 6. The third kappa shape index (κ3) is 5.78. The van der Waals surface area contributed by atoms with Crippen LogP contribution in [0.5, 0.6) is 0 Å². The number of thiazole rings is 1. The minimum atomic E-state index is -3.25. The van der Waals surface area contributed by atoms with Gasteiger partial charge >= 0.3 is 6.09 Å². The standard InChI is InChI=1S/C20H21N3O4S2/c1-29(26,27)16-9-4-14(5-10-16)12-18-17(22-19(28-18)23-20(24)25)11-6-13-2-7-15(21)8-3-13/h2-5,7-10H,6,11-12,21H2,1H3,(H,22,23)(H,24,25). The molecule has 9 heteroatoms. The van der Waals surface area contributed by atoms with Crippen LogP contribution in [0.15, 0.2) is 53.4 Å². The van der Waals surface area contributed by atoms with E-state index < -0.39 is 15.9 Å². The topological polar surface area (TPSA) is 122 Å². The molecule has 0 atom stereocenters. The van der Waals surface area contributed by atoms with Gasteiger partial charge in [0.25, 0.3) is 0 Å². The number of nitrogens with two attached hydrogens (primary N) is 1. The molecule has 1 amide bonds. The summed E-state index contributed by atoms with van der Waals surface area (Å²) in [5.74, 6) is 0. The largest absolute Gasteiger partial charge is 0.465 e. The molecule has 29 heavy (non-hydrogen) atoms. The Balaban J connectivity index is 1.81. The SMILES string of the molecule is CS(=O)(=O)c1ccc(Cc2sc(NC(=O)O)nc2CCc2ccc(N)cc2)cc1. The maximum Gasteiger partial charge on any atom is 0.410 e. The Morgan fingerprint density at radius 3 is 2.28 bits per heavy atom. The molecule has 152 valence electrons. The average Bonchev–Trinajstić information content (AvgIpc) is 3.01. The number of anilines is 2. The van der Waals surface area contributed by atoms with Gasteiger partial charge in [0, 0.05) is 23.2 Å². The van der Waals surface area contributed by atoms with E-state index in [1.807, 2.05) is 24.3 Å². The number of sulfone groups is 1. The van der Waals surface area contributed by atoms with Crippen molar-refractivity contribution in [3.05, 3.63) is 70.2 Å². The molecular formula is C20H21N3O4S2. The number of carbonyl (C=O) groups is 1. The van der Waals surface area contributed by atoms with Crippen molar-refractivity contribution in [1.82, 2.24) is 4.98 Å². The second-order valence-electron chi connectivity index (χ2n) is 6.65. The van der Waals surface area contributed by atoms with Crippen LogP contribution in [0.1, 0.15) is 21.7 Å². The summed E-state index contributed by atoms with van der Waals surface area (Å²) >= 11 is 1.29. The van der Waals surface area contributed by atoms with Gasteiger partial charge in [-0.2, -0.15) is 0 Å². The van der Waals surface area contributed by atoms with Crippen molar-refractivity contribution >= 4 is 38.1 Å². The molecule has 3 aromatic rings. The first-order valence-corrected chi connectivity index (χ1v) is 11.5. The Morgan fingerprint density at radius 1 is 1.07 bits per heavy atom. The summed E-state index contributed by atoms with van der Waals surface area (Å²) in [4.78, 5) is 16.6. The maximum absolute atomic E-state index is 11.6. The minimum Gasteiger partial charge on any atom is -0.465 e. The summed E-state index contributed by atoms with van der Waals surface area (Å²) in [5, 5.41) is 11.6. The molecular weight excluding hydrogens is 410 g/mol. The molecule has 1 heterocycles. The van der Waals surface area contributed by atoms with E-state index in [2.05, 4.69) is 10.3 Å². The number of aromatic nitrogens is 1. The van der Waals surface area contributed by atoms with Gasteiger partial charge in [-0.25, -0.2) is 18.2 Å². The molecule has 7 nitrogen and oxygen atoms in total. The molecule has 4 N–H and O–H groups in total. The molecule has 0 unspecified atom stereocenters. The summed E-state index contributed by atoms with van der Waals surface area (Å²) in [5.41, 5.74) is 9.29. The van der Waals surface area contributed by atoms with E-state index in [1.165, 1.54) is 17.6 Å². The predicted octanol–water partition coefficient (Wildman–Crippen LogP) is 3.59. The van der Waals surface area contributed by atoms with Gasteiger partial charge in [-0.15, -0.1) is 11.3 Å². The van der Waals surface area contributed by atoms with Crippen LogP contribution >= 0.6 is 11.3 Å². The lowest BCUT2D eigenvalue weighted by molar-refractivity contribution is 0.209. The lowest BCUT2D eigenvalue weighted by Crippen LogP contribution is -2.06. The second kappa shape index (κ2) is 8.62. The highest BCUT2D eigenvalue weighted by Gasteiger charge is 2.14. The Bertz CT molecular complexity index is 1110. The summed E-state index contributed by atoms with van der Waals surface area (Å²) < 4.78 is 23.2. The number of carboxylic acid groups (broad SMARTS) is 1. The van der Waals surface area contributed by atoms with Crippen LogP contribution in [0.4, 0.5) is 15.6 Å². The third-order valence-corrected chi connectivity index (χ3v) is 6.48. The van der Waals surface area contributed by atoms with Crippen molar-refractivity contribution in [2.75, 3.05) is 17.3 Å². The summed E-state index contributed by atoms with van der Waals surface area (Å²) in [6.45, 7) is 0. The fourth-order valence-corrected chi connectivity index (χ4v) is 4.51. The van der Waals surface area contributed by atoms with E-state index in [0.717, 1.165) is 28.1 Å². The van der Waals surface area contributed by atoms with Crippen LogP contribution in [0, 0.1) is 0 Å². The van der Waals surface area contributed by atoms with Crippen molar-refractivity contribution in [2.45, 2.75) is 24.2 Å². The Labute approximate surface area is 173 Å². The number of aryl methyl sites for hydroxylation is 2. The zero-order valence-electron chi connectivity index (χ0n) is 15.8. The summed E-state index contributed by atoms with van der Waals surface area (Å²) in [6.07, 6.45) is 1.95. The number of nitrogens with one attached hydrogen (secondary N) is 1. The smallest absolute Gasteiger partial charge is 0.410 e. The molecule has 0 bridgehead atoms. The van der Waals surface area contributed by atoms with E-state index in [4.69, 9.17) is 10.8 Å². The first kappa shape index (κ1) is 20.8. The number of hydrogen-bond donors (Lipinski definition) is 3. The highest BCUT2D eigenvalue weighted by molar-refractivity contribution is 7.90. The molecule has 0 spiro atoms. The number of amides is 1. The lowest BCUT2D eigenvalue weighted by atomic mass is 10.0. The third-order valence-electron chi connectivity index (χ3n) is 4.34. The highest BCUT2D eigenvalue weighted by Crippen LogP contribution is 2.27. The van der Waals surface area contributed by atoms with E-state index >= 15 is 0 Å². The van der Waals surface area contributed by atoms with Crippen LogP contribution in [0.2, 0.25) is 0 Å². The first-order valence-electron chi connectivity index (χ1n) is 8.82. The maximum atomic E-state index is 11.6. The number of benzene rings is 2. The number of nitrogen functional groups attached to an aromatic ring is 1. The quantitative estimate of drug-likeness (QED) is 0.491. The average molecular weight is 432 g/mol. The lowest BCUT2D eigenvalue weighted by Gasteiger charge is -2.05. The van der Waals surface area contributed by atoms with Gasteiger partial charge in [0.2, 0.25) is 0 Å². The molecule has 0 fully saturated rings. The zero-order chi connectivity index (χ0) is 21.0. The van der Waals surface area contributed by atoms with Gasteiger partial charge in [-0.1, -0.05) is 24.3 Å². The molecule has 0 saturated carbocycles. The van der Waals surface area contributed by atoms with Crippen LogP contribution in [0.3, 0.4) is 0 Å². The van der Waals surface area contributed by atoms with Crippen LogP contribution in [0.25, 0.3) is 0 Å². The summed E-state index contributed by atoms with van der Waals surface area (Å²) in [6, 6.07) is 14.3. The molecule has 0 aliphatic carbocycles. The Morgan fingerprint density at radius 2 is 1.69 bits per heavy atom. The summed E-state index contributed by atoms with van der Waals surface area (Å²) in [7, 11) is -3.25. The minimum absolute atomic E-state index is 0.266. The van der Waals surface area contributed by atoms with Gasteiger partial charge in [0.05, 0.1) is 10.6 Å². The molecule has 0 aliphatic heterocycles. The van der Waals surface area contributed by atoms with Crippen molar-refractivity contribution < 1.29 is 18.3 Å². The molecule has 0 saturated heterocycles. The normalized spacial score (nSPS) is 11.3. The fourth-order valence-electron chi connectivity index (χ4n) is 2.85. The van der Waals surface area contributed by atoms with Crippen molar-refractivity contribution in [3.63, 3.8) is 0 Å². The zero-order valence-corrected chi connectivity index (χ0v) is 17.4. The molecule has 1 aromatic heterocycles. The van der Waals surface area contributed by atoms with Crippen LogP contribution < -0.4 is 11.1 Å². The van der Waals surface area contributed by atoms with Crippen molar-refractivity contribution in [1.29, 1.82) is 0 Å². The van der Waals surface area contributed by atoms with Gasteiger partial charge in [-0.3, -0.25) is 5.32 Å². The first-order chi connectivity index (χ1) is 13.7. The number of rotatable bonds is 7. The van der Waals surface area contributed by atoms with E-state index in [0.29, 0.717) is 23.7 Å². The van der Waals surface area contributed by atoms with E-state index in [1.54, 1.807) is 24.3 Å². The predicted molar refractivity (Wildman–Crippen MR) is 114 cm³/mol. The number of nitrogens with zero attached hydrogens (tertiary/aromatic N) is 1. The van der Waals surface area contributed by atoms with Crippen molar-refractivity contribution in [2.24, 2.45) is 0 Å². The molecule has 3 rings (SSSR count). The Hall–Kier alpha value is -2.91. The molecule has 0 aliphatic rings. The van der Waals surface area contributed by atoms with Gasteiger partial charge in [-0.05, 0) is 48.2 Å². The van der Waals surface area contributed by atoms with E-state index in [9.17, 15) is 13.2 Å². The van der Waals surface area contributed by atoms with Crippen LogP contribution in [-0.2, 0) is 29.1 Å². The second-order valence-corrected chi connectivity index (χ2v) is 9.75.